The van der Waals surface area contributed by atoms with Gasteiger partial charge in [0.25, 0.3) is 5.89 Å². The van der Waals surface area contributed by atoms with Crippen LogP contribution in [0.3, 0.4) is 0 Å². The van der Waals surface area contributed by atoms with Gasteiger partial charge in [0.2, 0.25) is 5.82 Å². The minimum atomic E-state index is -0.643. The first-order valence-corrected chi connectivity index (χ1v) is 10.6. The summed E-state index contributed by atoms with van der Waals surface area (Å²) in [5.74, 6) is -0.270. The molecule has 2 amide bonds. The lowest BCUT2D eigenvalue weighted by Crippen LogP contribution is -2.46. The van der Waals surface area contributed by atoms with Crippen molar-refractivity contribution in [3.8, 4) is 11.4 Å². The molecule has 170 valence electrons. The lowest BCUT2D eigenvalue weighted by atomic mass is 9.94. The Hall–Kier alpha value is -4.33. The number of carbonyl (C=O) groups excluding carboxylic acids is 1. The number of nitrogens with zero attached hydrogens (tertiary/aromatic N) is 3. The maximum Gasteiger partial charge on any atom is 0.326 e. The van der Waals surface area contributed by atoms with Crippen molar-refractivity contribution >= 4 is 17.3 Å². The molecule has 2 heterocycles. The number of hydrogen-bond donors (Lipinski definition) is 1. The minimum absolute atomic E-state index is 0.198. The van der Waals surface area contributed by atoms with Crippen LogP contribution in [0.15, 0.2) is 83.0 Å². The predicted molar refractivity (Wildman–Crippen MR) is 124 cm³/mol. The van der Waals surface area contributed by atoms with E-state index in [-0.39, 0.29) is 29.4 Å². The number of carbonyl (C=O) groups is 1. The lowest BCUT2D eigenvalue weighted by Gasteiger charge is -2.35. The average molecular weight is 458 g/mol. The van der Waals surface area contributed by atoms with Gasteiger partial charge in [0, 0.05) is 11.3 Å². The van der Waals surface area contributed by atoms with Gasteiger partial charge in [-0.15, -0.1) is 0 Å². The van der Waals surface area contributed by atoms with Gasteiger partial charge in [0.05, 0.1) is 17.3 Å². The molecule has 34 heavy (non-hydrogen) atoms. The highest BCUT2D eigenvalue weighted by Crippen LogP contribution is 2.39. The van der Waals surface area contributed by atoms with Gasteiger partial charge in [-0.1, -0.05) is 29.4 Å². The van der Waals surface area contributed by atoms with E-state index in [2.05, 4.69) is 15.5 Å². The molecule has 1 unspecified atom stereocenters. The van der Waals surface area contributed by atoms with Crippen LogP contribution in [0.5, 0.6) is 0 Å². The number of anilines is 1. The van der Waals surface area contributed by atoms with Crippen LogP contribution in [-0.2, 0) is 0 Å². The van der Waals surface area contributed by atoms with E-state index in [1.54, 1.807) is 36.1 Å². The Morgan fingerprint density at radius 1 is 0.941 bits per heavy atom. The number of urea groups is 1. The highest BCUT2D eigenvalue weighted by atomic mass is 19.1. The third kappa shape index (κ3) is 3.94. The van der Waals surface area contributed by atoms with Gasteiger partial charge < -0.3 is 9.84 Å². The fraction of sp³-hybridized carbons (Fsp3) is 0.115. The standard InChI is InChI=1S/C26H20F2N4O2/c1-15-4-3-5-21(14-15)32-16(2)22(23(29-26(32)33)17-6-10-19(27)11-7-17)25-30-24(31-34-25)18-8-12-20(28)13-9-18/h3-14,23H,1-2H3,(H,29,33). The van der Waals surface area contributed by atoms with Crippen molar-refractivity contribution in [3.63, 3.8) is 0 Å². The van der Waals surface area contributed by atoms with Crippen molar-refractivity contribution in [3.05, 3.63) is 107 Å². The van der Waals surface area contributed by atoms with Crippen molar-refractivity contribution in [2.75, 3.05) is 4.90 Å². The van der Waals surface area contributed by atoms with E-state index >= 15 is 0 Å². The van der Waals surface area contributed by atoms with Gasteiger partial charge in [0.15, 0.2) is 0 Å². The molecule has 8 heteroatoms. The number of allylic oxidation sites excluding steroid dienone is 1. The Morgan fingerprint density at radius 2 is 1.62 bits per heavy atom. The Kier molecular flexibility index (Phi) is 5.41. The number of benzene rings is 3. The molecule has 1 N–H and O–H groups in total. The van der Waals surface area contributed by atoms with E-state index in [0.29, 0.717) is 28.1 Å². The van der Waals surface area contributed by atoms with E-state index in [4.69, 9.17) is 4.52 Å². The molecule has 1 aliphatic heterocycles. The molecule has 0 fully saturated rings. The van der Waals surface area contributed by atoms with Gasteiger partial charge in [-0.2, -0.15) is 4.98 Å². The second-order valence-electron chi connectivity index (χ2n) is 8.04. The largest absolute Gasteiger partial charge is 0.334 e. The maximum absolute atomic E-state index is 13.6. The van der Waals surface area contributed by atoms with Gasteiger partial charge in [-0.3, -0.25) is 4.90 Å². The van der Waals surface area contributed by atoms with Crippen LogP contribution in [-0.4, -0.2) is 16.2 Å². The first kappa shape index (κ1) is 21.5. The topological polar surface area (TPSA) is 71.3 Å². The van der Waals surface area contributed by atoms with E-state index in [1.807, 2.05) is 31.2 Å². The molecule has 1 atom stereocenters. The fourth-order valence-corrected chi connectivity index (χ4v) is 4.05. The molecule has 1 aliphatic rings. The van der Waals surface area contributed by atoms with Gasteiger partial charge in [-0.05, 0) is 73.5 Å². The van der Waals surface area contributed by atoms with E-state index in [9.17, 15) is 13.6 Å². The third-order valence-corrected chi connectivity index (χ3v) is 5.71. The highest BCUT2D eigenvalue weighted by Gasteiger charge is 2.36. The summed E-state index contributed by atoms with van der Waals surface area (Å²) in [5, 5.41) is 7.05. The molecule has 1 aromatic heterocycles. The summed E-state index contributed by atoms with van der Waals surface area (Å²) in [6.07, 6.45) is 0. The summed E-state index contributed by atoms with van der Waals surface area (Å²) in [7, 11) is 0. The number of rotatable bonds is 4. The number of halogens is 2. The number of nitrogens with one attached hydrogen (secondary N) is 1. The smallest absolute Gasteiger partial charge is 0.326 e. The Morgan fingerprint density at radius 3 is 2.29 bits per heavy atom. The van der Waals surface area contributed by atoms with Crippen molar-refractivity contribution < 1.29 is 18.1 Å². The van der Waals surface area contributed by atoms with Gasteiger partial charge in [-0.25, -0.2) is 13.6 Å². The van der Waals surface area contributed by atoms with Crippen LogP contribution in [0, 0.1) is 18.6 Å². The highest BCUT2D eigenvalue weighted by molar-refractivity contribution is 6.01. The second kappa shape index (κ2) is 8.55. The molecule has 0 aliphatic carbocycles. The first-order chi connectivity index (χ1) is 16.4. The van der Waals surface area contributed by atoms with E-state index in [0.717, 1.165) is 5.56 Å². The lowest BCUT2D eigenvalue weighted by molar-refractivity contribution is 0.244. The minimum Gasteiger partial charge on any atom is -0.334 e. The summed E-state index contributed by atoms with van der Waals surface area (Å²) >= 11 is 0. The van der Waals surface area contributed by atoms with Crippen molar-refractivity contribution in [2.45, 2.75) is 19.9 Å². The zero-order chi connectivity index (χ0) is 23.8. The van der Waals surface area contributed by atoms with Crippen LogP contribution in [0.25, 0.3) is 17.0 Å². The molecular formula is C26H20F2N4O2. The molecule has 4 aromatic rings. The van der Waals surface area contributed by atoms with Crippen molar-refractivity contribution in [1.82, 2.24) is 15.5 Å². The zero-order valence-electron chi connectivity index (χ0n) is 18.4. The normalized spacial score (nSPS) is 16.1. The number of hydrogen-bond acceptors (Lipinski definition) is 4. The van der Waals surface area contributed by atoms with E-state index < -0.39 is 6.04 Å². The molecule has 0 bridgehead atoms. The molecule has 0 saturated heterocycles. The maximum atomic E-state index is 13.6. The van der Waals surface area contributed by atoms with E-state index in [1.165, 1.54) is 24.3 Å². The SMILES string of the molecule is CC1=C(c2nc(-c3ccc(F)cc3)no2)C(c2ccc(F)cc2)NC(=O)N1c1cccc(C)c1. The number of aryl methyl sites for hydroxylation is 1. The summed E-state index contributed by atoms with van der Waals surface area (Å²) in [5.41, 5.74) is 4.10. The van der Waals surface area contributed by atoms with Crippen LogP contribution in [0.2, 0.25) is 0 Å². The van der Waals surface area contributed by atoms with Crippen LogP contribution in [0.1, 0.15) is 30.0 Å². The fourth-order valence-electron chi connectivity index (χ4n) is 4.05. The third-order valence-electron chi connectivity index (χ3n) is 5.71. The Balaban J connectivity index is 1.65. The molecule has 0 spiro atoms. The van der Waals surface area contributed by atoms with Gasteiger partial charge in [0.1, 0.15) is 11.6 Å². The molecule has 3 aromatic carbocycles. The van der Waals surface area contributed by atoms with Crippen LogP contribution in [0.4, 0.5) is 19.3 Å². The second-order valence-corrected chi connectivity index (χ2v) is 8.04. The van der Waals surface area contributed by atoms with Crippen LogP contribution >= 0.6 is 0 Å². The number of aromatic nitrogens is 2. The summed E-state index contributed by atoms with van der Waals surface area (Å²) < 4.78 is 32.5. The van der Waals surface area contributed by atoms with Gasteiger partial charge >= 0.3 is 6.03 Å². The molecule has 0 radical (unpaired) electrons. The molecule has 0 saturated carbocycles. The molecule has 6 nitrogen and oxygen atoms in total. The first-order valence-electron chi connectivity index (χ1n) is 10.6. The summed E-state index contributed by atoms with van der Waals surface area (Å²) in [6.45, 7) is 3.74. The van der Waals surface area contributed by atoms with Crippen LogP contribution < -0.4 is 10.2 Å². The monoisotopic (exact) mass is 458 g/mol. The quantitative estimate of drug-likeness (QED) is 0.406. The molecular weight excluding hydrogens is 438 g/mol. The zero-order valence-corrected chi connectivity index (χ0v) is 18.4. The number of amides is 2. The Bertz CT molecular complexity index is 1400. The average Bonchev–Trinajstić information content (AvgIpc) is 3.29. The van der Waals surface area contributed by atoms with Crippen molar-refractivity contribution in [1.29, 1.82) is 0 Å². The molecule has 5 rings (SSSR count). The predicted octanol–water partition coefficient (Wildman–Crippen LogP) is 6.03. The van der Waals surface area contributed by atoms with Crippen molar-refractivity contribution in [2.24, 2.45) is 0 Å². The summed E-state index contributed by atoms with van der Waals surface area (Å²) in [4.78, 5) is 19.3. The summed E-state index contributed by atoms with van der Waals surface area (Å²) in [6, 6.07) is 18.2. The Labute approximate surface area is 194 Å².